The number of rotatable bonds is 7. The van der Waals surface area contributed by atoms with Gasteiger partial charge in [-0.05, 0) is 12.8 Å². The molecule has 2 aliphatic rings. The quantitative estimate of drug-likeness (QED) is 0.289. The van der Waals surface area contributed by atoms with Crippen LogP contribution < -0.4 is 16.8 Å². The number of carbonyl (C=O) groups is 5. The molecule has 0 aromatic heterocycles. The minimum atomic E-state index is -1.36. The molecule has 2 aliphatic heterocycles. The number of nitrogens with two attached hydrogens (primary N) is 2. The minimum Gasteiger partial charge on any atom is -0.480 e. The van der Waals surface area contributed by atoms with Crippen molar-refractivity contribution >= 4 is 29.6 Å². The van der Waals surface area contributed by atoms with Crippen molar-refractivity contribution in [1.29, 1.82) is 0 Å². The molecule has 7 N–H and O–H groups in total. The molecule has 2 heterocycles. The van der Waals surface area contributed by atoms with Gasteiger partial charge in [0.2, 0.25) is 23.6 Å². The second kappa shape index (κ2) is 8.97. The number of amides is 4. The summed E-state index contributed by atoms with van der Waals surface area (Å²) in [6.07, 6.45) is -0.741. The third kappa shape index (κ3) is 4.75. The minimum absolute atomic E-state index is 0.0451. The number of nitrogens with zero attached hydrogens (tertiary/aromatic N) is 2. The fourth-order valence-electron chi connectivity index (χ4n) is 3.61. The third-order valence-corrected chi connectivity index (χ3v) is 4.92. The Morgan fingerprint density at radius 3 is 2.39 bits per heavy atom. The molecule has 0 radical (unpaired) electrons. The van der Waals surface area contributed by atoms with Crippen LogP contribution in [0.2, 0.25) is 0 Å². The zero-order valence-electron chi connectivity index (χ0n) is 15.2. The van der Waals surface area contributed by atoms with Crippen LogP contribution in [0.25, 0.3) is 0 Å². The molecular formula is C16H25N5O7. The Balaban J connectivity index is 2.16. The Kier molecular flexibility index (Phi) is 6.91. The molecule has 0 aliphatic carbocycles. The summed E-state index contributed by atoms with van der Waals surface area (Å²) < 4.78 is 0. The first-order valence-corrected chi connectivity index (χ1v) is 8.95. The molecule has 28 heavy (non-hydrogen) atoms. The highest BCUT2D eigenvalue weighted by atomic mass is 16.4. The largest absolute Gasteiger partial charge is 0.480 e. The van der Waals surface area contributed by atoms with Crippen molar-refractivity contribution in [3.63, 3.8) is 0 Å². The van der Waals surface area contributed by atoms with E-state index in [4.69, 9.17) is 11.5 Å². The average molecular weight is 399 g/mol. The smallest absolute Gasteiger partial charge is 0.326 e. The SMILES string of the molecule is NCC(=O)N1C[C@H](O)C[C@H]1C(=O)N[C@@H](CC(N)=O)C(=O)N1CCC[C@H]1C(=O)O. The Hall–Kier alpha value is -2.73. The molecule has 0 aromatic carbocycles. The molecule has 12 nitrogen and oxygen atoms in total. The van der Waals surface area contributed by atoms with Crippen molar-refractivity contribution in [1.82, 2.24) is 15.1 Å². The molecule has 12 heteroatoms. The molecule has 2 fully saturated rings. The number of carboxylic acid groups (broad SMARTS) is 1. The summed E-state index contributed by atoms with van der Waals surface area (Å²) >= 11 is 0. The Bertz CT molecular complexity index is 670. The normalized spacial score (nSPS) is 25.4. The topological polar surface area (TPSA) is 196 Å². The van der Waals surface area contributed by atoms with Gasteiger partial charge in [-0.3, -0.25) is 19.2 Å². The van der Waals surface area contributed by atoms with Crippen LogP contribution in [0.4, 0.5) is 0 Å². The summed E-state index contributed by atoms with van der Waals surface area (Å²) in [5, 5.41) is 21.4. The van der Waals surface area contributed by atoms with Crippen molar-refractivity contribution in [3.05, 3.63) is 0 Å². The Labute approximate surface area is 160 Å². The van der Waals surface area contributed by atoms with Crippen LogP contribution in [0, 0.1) is 0 Å². The number of nitrogens with one attached hydrogen (secondary N) is 1. The van der Waals surface area contributed by atoms with E-state index in [1.165, 1.54) is 0 Å². The van der Waals surface area contributed by atoms with Crippen molar-refractivity contribution in [3.8, 4) is 0 Å². The lowest BCUT2D eigenvalue weighted by atomic mass is 10.1. The number of primary amides is 1. The predicted molar refractivity (Wildman–Crippen MR) is 93.3 cm³/mol. The van der Waals surface area contributed by atoms with Crippen LogP contribution in [0.3, 0.4) is 0 Å². The lowest BCUT2D eigenvalue weighted by molar-refractivity contribution is -0.150. The number of carbonyl (C=O) groups excluding carboxylic acids is 4. The summed E-state index contributed by atoms with van der Waals surface area (Å²) in [5.41, 5.74) is 10.5. The Morgan fingerprint density at radius 2 is 1.82 bits per heavy atom. The molecule has 0 aromatic rings. The molecule has 2 rings (SSSR count). The van der Waals surface area contributed by atoms with Gasteiger partial charge in [0.05, 0.1) is 19.1 Å². The third-order valence-electron chi connectivity index (χ3n) is 4.92. The van der Waals surface area contributed by atoms with Gasteiger partial charge in [0.1, 0.15) is 18.1 Å². The second-order valence-corrected chi connectivity index (χ2v) is 6.92. The number of aliphatic hydroxyl groups excluding tert-OH is 1. The molecule has 4 atom stereocenters. The molecule has 2 saturated heterocycles. The van der Waals surface area contributed by atoms with Gasteiger partial charge in [0.15, 0.2) is 0 Å². The van der Waals surface area contributed by atoms with E-state index in [2.05, 4.69) is 5.32 Å². The van der Waals surface area contributed by atoms with Gasteiger partial charge in [0, 0.05) is 19.5 Å². The van der Waals surface area contributed by atoms with Crippen LogP contribution >= 0.6 is 0 Å². The number of hydrogen-bond donors (Lipinski definition) is 5. The summed E-state index contributed by atoms with van der Waals surface area (Å²) in [6, 6.07) is -3.45. The second-order valence-electron chi connectivity index (χ2n) is 6.92. The van der Waals surface area contributed by atoms with E-state index in [1.807, 2.05) is 0 Å². The lowest BCUT2D eigenvalue weighted by Gasteiger charge is -2.29. The van der Waals surface area contributed by atoms with E-state index in [9.17, 15) is 34.2 Å². The maximum Gasteiger partial charge on any atom is 0.326 e. The number of β-amino-alcohol motifs (C(OH)–C–C–N with tert-alkyl or cyclic N) is 1. The van der Waals surface area contributed by atoms with Gasteiger partial charge in [-0.25, -0.2) is 4.79 Å². The summed E-state index contributed by atoms with van der Waals surface area (Å²) in [5.74, 6) is -4.05. The highest BCUT2D eigenvalue weighted by Gasteiger charge is 2.42. The molecule has 0 bridgehead atoms. The van der Waals surface area contributed by atoms with Crippen LogP contribution in [0.1, 0.15) is 25.7 Å². The summed E-state index contributed by atoms with van der Waals surface area (Å²) in [4.78, 5) is 62.2. The van der Waals surface area contributed by atoms with E-state index in [1.54, 1.807) is 0 Å². The van der Waals surface area contributed by atoms with Crippen molar-refractivity contribution in [2.75, 3.05) is 19.6 Å². The number of aliphatic carboxylic acids is 1. The maximum absolute atomic E-state index is 12.8. The van der Waals surface area contributed by atoms with Crippen molar-refractivity contribution in [2.45, 2.75) is 49.9 Å². The van der Waals surface area contributed by atoms with Gasteiger partial charge in [-0.2, -0.15) is 0 Å². The number of hydrogen-bond acceptors (Lipinski definition) is 7. The van der Waals surface area contributed by atoms with E-state index < -0.39 is 60.2 Å². The fraction of sp³-hybridized carbons (Fsp3) is 0.688. The summed E-state index contributed by atoms with van der Waals surface area (Å²) in [6.45, 7) is -0.245. The molecule has 0 saturated carbocycles. The highest BCUT2D eigenvalue weighted by molar-refractivity contribution is 5.96. The Morgan fingerprint density at radius 1 is 1.14 bits per heavy atom. The summed E-state index contributed by atoms with van der Waals surface area (Å²) in [7, 11) is 0. The van der Waals surface area contributed by atoms with E-state index in [0.717, 1.165) is 9.80 Å². The van der Waals surface area contributed by atoms with Crippen LogP contribution in [0.15, 0.2) is 0 Å². The van der Waals surface area contributed by atoms with Crippen molar-refractivity contribution in [2.24, 2.45) is 11.5 Å². The van der Waals surface area contributed by atoms with Crippen LogP contribution in [-0.2, 0) is 24.0 Å². The zero-order valence-corrected chi connectivity index (χ0v) is 15.2. The van der Waals surface area contributed by atoms with Crippen LogP contribution in [-0.4, -0.2) is 93.5 Å². The standard InChI is InChI=1S/C16H25N5O7/c17-6-13(24)21-7-8(22)4-11(21)14(25)19-9(5-12(18)23)15(26)20-3-1-2-10(20)16(27)28/h8-11,22H,1-7,17H2,(H2,18,23)(H,19,25)(H,27,28)/t8-,9+,10+,11+/m1/s1. The van der Waals surface area contributed by atoms with Gasteiger partial charge >= 0.3 is 5.97 Å². The zero-order chi connectivity index (χ0) is 21.0. The first-order valence-electron chi connectivity index (χ1n) is 8.95. The number of carboxylic acids is 1. The van der Waals surface area contributed by atoms with E-state index in [-0.39, 0.29) is 32.5 Å². The van der Waals surface area contributed by atoms with Gasteiger partial charge in [0.25, 0.3) is 0 Å². The van der Waals surface area contributed by atoms with E-state index >= 15 is 0 Å². The fourth-order valence-corrected chi connectivity index (χ4v) is 3.61. The monoisotopic (exact) mass is 399 g/mol. The number of aliphatic hydroxyl groups is 1. The van der Waals surface area contributed by atoms with E-state index in [0.29, 0.717) is 6.42 Å². The first kappa shape index (κ1) is 21.6. The van der Waals surface area contributed by atoms with Gasteiger partial charge in [-0.1, -0.05) is 0 Å². The average Bonchev–Trinajstić information content (AvgIpc) is 3.26. The molecule has 0 spiro atoms. The molecular weight excluding hydrogens is 374 g/mol. The maximum atomic E-state index is 12.8. The molecule has 4 amide bonds. The number of likely N-dealkylation sites (tertiary alicyclic amines) is 2. The lowest BCUT2D eigenvalue weighted by Crippen LogP contribution is -2.56. The first-order chi connectivity index (χ1) is 13.1. The highest BCUT2D eigenvalue weighted by Crippen LogP contribution is 2.21. The molecule has 0 unspecified atom stereocenters. The van der Waals surface area contributed by atoms with Crippen molar-refractivity contribution < 1.29 is 34.2 Å². The van der Waals surface area contributed by atoms with Gasteiger partial charge < -0.3 is 36.8 Å². The molecule has 156 valence electrons. The van der Waals surface area contributed by atoms with Gasteiger partial charge in [-0.15, -0.1) is 0 Å². The van der Waals surface area contributed by atoms with Crippen LogP contribution in [0.5, 0.6) is 0 Å². The predicted octanol–water partition coefficient (Wildman–Crippen LogP) is -3.66.